The van der Waals surface area contributed by atoms with Gasteiger partial charge in [0.25, 0.3) is 5.91 Å². The van der Waals surface area contributed by atoms with Gasteiger partial charge in [0.1, 0.15) is 5.75 Å². The predicted octanol–water partition coefficient (Wildman–Crippen LogP) is 3.25. The van der Waals surface area contributed by atoms with Crippen LogP contribution in [-0.2, 0) is 9.53 Å². The molecule has 0 bridgehead atoms. The summed E-state index contributed by atoms with van der Waals surface area (Å²) in [5, 5.41) is 2.05. The molecule has 2 amide bonds. The third-order valence-corrected chi connectivity index (χ3v) is 3.09. The average molecular weight is 289 g/mol. The summed E-state index contributed by atoms with van der Waals surface area (Å²) in [7, 11) is 0. The number of cyclic esters (lactones) is 1. The molecule has 0 saturated carbocycles. The zero-order valence-corrected chi connectivity index (χ0v) is 12.1. The second-order valence-corrected chi connectivity index (χ2v) is 4.83. The zero-order chi connectivity index (χ0) is 15.1. The van der Waals surface area contributed by atoms with Gasteiger partial charge in [-0.05, 0) is 30.2 Å². The Kier molecular flexibility index (Phi) is 5.37. The Hall–Kier alpha value is -2.30. The van der Waals surface area contributed by atoms with E-state index in [9.17, 15) is 9.59 Å². The lowest BCUT2D eigenvalue weighted by atomic mass is 10.2. The highest BCUT2D eigenvalue weighted by atomic mass is 16.6. The number of ether oxygens (including phenoxy) is 2. The van der Waals surface area contributed by atoms with Gasteiger partial charge in [0.2, 0.25) is 0 Å². The van der Waals surface area contributed by atoms with Gasteiger partial charge >= 0.3 is 6.09 Å². The number of benzene rings is 1. The number of hydrogen-bond donors (Lipinski definition) is 1. The number of nitrogens with one attached hydrogen (secondary N) is 1. The first kappa shape index (κ1) is 15.1. The molecule has 0 unspecified atom stereocenters. The van der Waals surface area contributed by atoms with Crippen LogP contribution in [0.25, 0.3) is 6.08 Å². The van der Waals surface area contributed by atoms with Crippen molar-refractivity contribution in [2.75, 3.05) is 6.61 Å². The van der Waals surface area contributed by atoms with Gasteiger partial charge in [0.15, 0.2) is 5.76 Å². The number of unbranched alkanes of at least 4 members (excludes halogenated alkanes) is 3. The fourth-order valence-electron chi connectivity index (χ4n) is 1.95. The van der Waals surface area contributed by atoms with Crippen LogP contribution in [0.2, 0.25) is 0 Å². The second kappa shape index (κ2) is 7.47. The Morgan fingerprint density at radius 2 is 1.90 bits per heavy atom. The predicted molar refractivity (Wildman–Crippen MR) is 78.7 cm³/mol. The summed E-state index contributed by atoms with van der Waals surface area (Å²) in [6.07, 6.45) is 5.46. The maximum atomic E-state index is 11.3. The van der Waals surface area contributed by atoms with Crippen molar-refractivity contribution in [2.24, 2.45) is 0 Å². The van der Waals surface area contributed by atoms with Gasteiger partial charge in [0.05, 0.1) is 6.61 Å². The number of imide groups is 1. The van der Waals surface area contributed by atoms with E-state index < -0.39 is 12.0 Å². The van der Waals surface area contributed by atoms with E-state index in [1.807, 2.05) is 24.3 Å². The van der Waals surface area contributed by atoms with Gasteiger partial charge in [-0.15, -0.1) is 0 Å². The van der Waals surface area contributed by atoms with E-state index in [1.165, 1.54) is 25.3 Å². The molecular formula is C16H19NO4. The summed E-state index contributed by atoms with van der Waals surface area (Å²) in [6.45, 7) is 2.89. The standard InChI is InChI=1S/C16H19NO4/c1-2-3-4-5-10-20-13-8-6-12(7-9-13)11-14-15(18)17-16(19)21-14/h6-9,11H,2-5,10H2,1H3,(H,17,18,19)/b14-11+. The first-order chi connectivity index (χ1) is 10.2. The number of carbonyl (C=O) groups is 2. The van der Waals surface area contributed by atoms with E-state index in [4.69, 9.17) is 9.47 Å². The summed E-state index contributed by atoms with van der Waals surface area (Å²) < 4.78 is 10.4. The molecule has 2 rings (SSSR count). The molecule has 5 nitrogen and oxygen atoms in total. The van der Waals surface area contributed by atoms with Gasteiger partial charge in [0, 0.05) is 0 Å². The van der Waals surface area contributed by atoms with Crippen LogP contribution in [0.15, 0.2) is 30.0 Å². The van der Waals surface area contributed by atoms with Crippen LogP contribution in [0.3, 0.4) is 0 Å². The summed E-state index contributed by atoms with van der Waals surface area (Å²) in [5.74, 6) is 0.283. The Bertz CT molecular complexity index is 534. The average Bonchev–Trinajstić information content (AvgIpc) is 2.78. The smallest absolute Gasteiger partial charge is 0.419 e. The monoisotopic (exact) mass is 289 g/mol. The van der Waals surface area contributed by atoms with Gasteiger partial charge in [-0.25, -0.2) is 4.79 Å². The van der Waals surface area contributed by atoms with Crippen LogP contribution in [0.4, 0.5) is 4.79 Å². The van der Waals surface area contributed by atoms with Gasteiger partial charge in [-0.2, -0.15) is 0 Å². The second-order valence-electron chi connectivity index (χ2n) is 4.83. The lowest BCUT2D eigenvalue weighted by Crippen LogP contribution is -2.18. The summed E-state index contributed by atoms with van der Waals surface area (Å²) >= 11 is 0. The minimum absolute atomic E-state index is 0.00762. The number of carbonyl (C=O) groups excluding carboxylic acids is 2. The third-order valence-electron chi connectivity index (χ3n) is 3.09. The molecule has 1 aromatic carbocycles. The largest absolute Gasteiger partial charge is 0.494 e. The summed E-state index contributed by atoms with van der Waals surface area (Å²) in [6, 6.07) is 7.30. The fourth-order valence-corrected chi connectivity index (χ4v) is 1.95. The van der Waals surface area contributed by atoms with Crippen LogP contribution >= 0.6 is 0 Å². The Morgan fingerprint density at radius 1 is 1.14 bits per heavy atom. The minimum atomic E-state index is -0.738. The molecule has 1 heterocycles. The van der Waals surface area contributed by atoms with Crippen LogP contribution in [0, 0.1) is 0 Å². The van der Waals surface area contributed by atoms with Crippen molar-refractivity contribution in [2.45, 2.75) is 32.6 Å². The van der Waals surface area contributed by atoms with Crippen LogP contribution in [-0.4, -0.2) is 18.6 Å². The van der Waals surface area contributed by atoms with Crippen LogP contribution < -0.4 is 10.1 Å². The Labute approximate surface area is 123 Å². The van der Waals surface area contributed by atoms with E-state index >= 15 is 0 Å². The molecule has 21 heavy (non-hydrogen) atoms. The van der Waals surface area contributed by atoms with Gasteiger partial charge < -0.3 is 9.47 Å². The van der Waals surface area contributed by atoms with E-state index in [2.05, 4.69) is 12.2 Å². The van der Waals surface area contributed by atoms with Crippen LogP contribution in [0.5, 0.6) is 5.75 Å². The number of hydrogen-bond acceptors (Lipinski definition) is 4. The maximum absolute atomic E-state index is 11.3. The topological polar surface area (TPSA) is 64.6 Å². The van der Waals surface area contributed by atoms with Crippen molar-refractivity contribution in [1.82, 2.24) is 5.32 Å². The fraction of sp³-hybridized carbons (Fsp3) is 0.375. The normalized spacial score (nSPS) is 16.0. The van der Waals surface area contributed by atoms with Gasteiger partial charge in [-0.3, -0.25) is 10.1 Å². The van der Waals surface area contributed by atoms with E-state index in [0.29, 0.717) is 6.61 Å². The highest BCUT2D eigenvalue weighted by molar-refractivity contribution is 6.09. The third kappa shape index (κ3) is 4.63. The molecule has 1 saturated heterocycles. The molecule has 5 heteroatoms. The molecule has 1 aliphatic rings. The van der Waals surface area contributed by atoms with E-state index in [-0.39, 0.29) is 5.76 Å². The van der Waals surface area contributed by atoms with Crippen molar-refractivity contribution < 1.29 is 19.1 Å². The highest BCUT2D eigenvalue weighted by Gasteiger charge is 2.25. The Morgan fingerprint density at radius 3 is 2.52 bits per heavy atom. The maximum Gasteiger partial charge on any atom is 0.419 e. The molecule has 112 valence electrons. The van der Waals surface area contributed by atoms with Gasteiger partial charge in [-0.1, -0.05) is 38.3 Å². The Balaban J connectivity index is 1.86. The van der Waals surface area contributed by atoms with Crippen molar-refractivity contribution in [1.29, 1.82) is 0 Å². The van der Waals surface area contributed by atoms with E-state index in [0.717, 1.165) is 17.7 Å². The molecular weight excluding hydrogens is 270 g/mol. The first-order valence-electron chi connectivity index (χ1n) is 7.17. The lowest BCUT2D eigenvalue weighted by molar-refractivity contribution is -0.116. The molecule has 0 spiro atoms. The molecule has 0 aromatic heterocycles. The molecule has 1 N–H and O–H groups in total. The number of rotatable bonds is 7. The SMILES string of the molecule is CCCCCCOc1ccc(/C=C2/OC(=O)NC2=O)cc1. The molecule has 1 aromatic rings. The summed E-state index contributed by atoms with van der Waals surface area (Å²) in [4.78, 5) is 22.2. The molecule has 1 fully saturated rings. The number of amides is 2. The van der Waals surface area contributed by atoms with Crippen molar-refractivity contribution in [3.63, 3.8) is 0 Å². The van der Waals surface area contributed by atoms with Crippen molar-refractivity contribution in [3.8, 4) is 5.75 Å². The minimum Gasteiger partial charge on any atom is -0.494 e. The summed E-state index contributed by atoms with van der Waals surface area (Å²) in [5.41, 5.74) is 0.771. The molecule has 0 aliphatic carbocycles. The van der Waals surface area contributed by atoms with E-state index in [1.54, 1.807) is 0 Å². The lowest BCUT2D eigenvalue weighted by Gasteiger charge is -2.06. The number of alkyl carbamates (subject to hydrolysis) is 1. The molecule has 0 atom stereocenters. The zero-order valence-electron chi connectivity index (χ0n) is 12.1. The molecule has 1 aliphatic heterocycles. The quantitative estimate of drug-likeness (QED) is 0.618. The van der Waals surface area contributed by atoms with Crippen molar-refractivity contribution >= 4 is 18.1 Å². The van der Waals surface area contributed by atoms with Crippen LogP contribution in [0.1, 0.15) is 38.2 Å². The van der Waals surface area contributed by atoms with Crippen molar-refractivity contribution in [3.05, 3.63) is 35.6 Å². The first-order valence-corrected chi connectivity index (χ1v) is 7.17. The molecule has 0 radical (unpaired) electrons. The highest BCUT2D eigenvalue weighted by Crippen LogP contribution is 2.17.